The molecule has 17 heavy (non-hydrogen) atoms. The lowest BCUT2D eigenvalue weighted by Gasteiger charge is -2.21. The Hall–Kier alpha value is -0.960. The zero-order valence-electron chi connectivity index (χ0n) is 10.3. The van der Waals surface area contributed by atoms with Crippen LogP contribution in [0.4, 0.5) is 8.78 Å². The summed E-state index contributed by atoms with van der Waals surface area (Å²) in [5.74, 6) is -0.682. The van der Waals surface area contributed by atoms with Crippen LogP contribution in [0, 0.1) is 17.6 Å². The fraction of sp³-hybridized carbons (Fsp3) is 0.571. The second-order valence-corrected chi connectivity index (χ2v) is 4.88. The number of halogens is 2. The van der Waals surface area contributed by atoms with Crippen LogP contribution in [0.5, 0.6) is 0 Å². The van der Waals surface area contributed by atoms with Crippen molar-refractivity contribution in [3.05, 3.63) is 35.4 Å². The Kier molecular flexibility index (Phi) is 3.77. The summed E-state index contributed by atoms with van der Waals surface area (Å²) >= 11 is 0. The van der Waals surface area contributed by atoms with Gasteiger partial charge in [0.25, 0.3) is 0 Å². The maximum Gasteiger partial charge on any atom is 0.159 e. The fourth-order valence-corrected chi connectivity index (χ4v) is 2.93. The first-order valence-corrected chi connectivity index (χ1v) is 6.31. The zero-order valence-corrected chi connectivity index (χ0v) is 10.3. The molecule has 0 bridgehead atoms. The third-order valence-electron chi connectivity index (χ3n) is 3.90. The van der Waals surface area contributed by atoms with E-state index in [1.165, 1.54) is 12.1 Å². The molecule has 1 aromatic rings. The van der Waals surface area contributed by atoms with Crippen LogP contribution in [0.3, 0.4) is 0 Å². The molecule has 3 heteroatoms. The van der Waals surface area contributed by atoms with Crippen molar-refractivity contribution in [1.29, 1.82) is 0 Å². The monoisotopic (exact) mass is 239 g/mol. The van der Waals surface area contributed by atoms with Crippen LogP contribution in [0.2, 0.25) is 0 Å². The van der Waals surface area contributed by atoms with Gasteiger partial charge in [-0.1, -0.05) is 19.9 Å². The van der Waals surface area contributed by atoms with Gasteiger partial charge in [0.1, 0.15) is 0 Å². The van der Waals surface area contributed by atoms with Gasteiger partial charge in [-0.3, -0.25) is 0 Å². The number of rotatable bonds is 3. The van der Waals surface area contributed by atoms with Gasteiger partial charge in [0.15, 0.2) is 11.6 Å². The predicted molar refractivity (Wildman–Crippen MR) is 65.0 cm³/mol. The molecule has 3 atom stereocenters. The van der Waals surface area contributed by atoms with E-state index in [0.29, 0.717) is 17.9 Å². The summed E-state index contributed by atoms with van der Waals surface area (Å²) in [6.45, 7) is 5.24. The lowest BCUT2D eigenvalue weighted by Crippen LogP contribution is -2.32. The topological polar surface area (TPSA) is 12.0 Å². The minimum atomic E-state index is -0.761. The molecular formula is C14H19F2N. The van der Waals surface area contributed by atoms with E-state index in [4.69, 9.17) is 0 Å². The average Bonchev–Trinajstić information content (AvgIpc) is 2.66. The van der Waals surface area contributed by atoms with Crippen molar-refractivity contribution >= 4 is 0 Å². The molecule has 0 heterocycles. The summed E-state index contributed by atoms with van der Waals surface area (Å²) < 4.78 is 26.1. The molecule has 1 aromatic carbocycles. The molecule has 1 fully saturated rings. The van der Waals surface area contributed by atoms with E-state index in [9.17, 15) is 8.78 Å². The van der Waals surface area contributed by atoms with Gasteiger partial charge in [0.2, 0.25) is 0 Å². The Bertz CT molecular complexity index is 392. The van der Waals surface area contributed by atoms with Crippen molar-refractivity contribution in [2.24, 2.45) is 5.92 Å². The van der Waals surface area contributed by atoms with Crippen LogP contribution in [-0.4, -0.2) is 12.6 Å². The van der Waals surface area contributed by atoms with Crippen LogP contribution < -0.4 is 5.32 Å². The quantitative estimate of drug-likeness (QED) is 0.851. The Morgan fingerprint density at radius 3 is 2.65 bits per heavy atom. The Balaban J connectivity index is 2.15. The highest BCUT2D eigenvalue weighted by Crippen LogP contribution is 2.39. The first-order chi connectivity index (χ1) is 8.13. The minimum absolute atomic E-state index is 0.342. The van der Waals surface area contributed by atoms with Crippen molar-refractivity contribution < 1.29 is 8.78 Å². The average molecular weight is 239 g/mol. The van der Waals surface area contributed by atoms with E-state index in [-0.39, 0.29) is 0 Å². The van der Waals surface area contributed by atoms with Gasteiger partial charge in [-0.25, -0.2) is 8.78 Å². The lowest BCUT2D eigenvalue weighted by molar-refractivity contribution is 0.410. The van der Waals surface area contributed by atoms with E-state index >= 15 is 0 Å². The molecule has 0 aromatic heterocycles. The third-order valence-corrected chi connectivity index (χ3v) is 3.90. The van der Waals surface area contributed by atoms with Crippen molar-refractivity contribution in [3.8, 4) is 0 Å². The summed E-state index contributed by atoms with van der Waals surface area (Å²) in [6, 6.07) is 4.80. The first kappa shape index (κ1) is 12.5. The van der Waals surface area contributed by atoms with Crippen LogP contribution in [0.1, 0.15) is 38.2 Å². The minimum Gasteiger partial charge on any atom is -0.314 e. The molecule has 0 aliphatic heterocycles. The third kappa shape index (κ3) is 2.49. The van der Waals surface area contributed by atoms with E-state index in [2.05, 4.69) is 19.2 Å². The van der Waals surface area contributed by atoms with Crippen LogP contribution in [0.15, 0.2) is 18.2 Å². The van der Waals surface area contributed by atoms with Crippen molar-refractivity contribution in [2.75, 3.05) is 6.54 Å². The van der Waals surface area contributed by atoms with Gasteiger partial charge in [-0.15, -0.1) is 0 Å². The summed E-state index contributed by atoms with van der Waals surface area (Å²) in [6.07, 6.45) is 2.16. The SMILES string of the molecule is CCNC1CCC(c2ccc(F)c(F)c2)C1C. The van der Waals surface area contributed by atoms with Gasteiger partial charge in [0, 0.05) is 6.04 Å². The number of benzene rings is 1. The Labute approximate surface area is 101 Å². The molecule has 0 radical (unpaired) electrons. The highest BCUT2D eigenvalue weighted by molar-refractivity contribution is 5.24. The highest BCUT2D eigenvalue weighted by Gasteiger charge is 2.33. The van der Waals surface area contributed by atoms with Crippen molar-refractivity contribution in [3.63, 3.8) is 0 Å². The molecule has 1 saturated carbocycles. The van der Waals surface area contributed by atoms with Crippen LogP contribution in [-0.2, 0) is 0 Å². The number of hydrogen-bond donors (Lipinski definition) is 1. The molecule has 1 aliphatic carbocycles. The largest absolute Gasteiger partial charge is 0.314 e. The summed E-state index contributed by atoms with van der Waals surface area (Å²) in [7, 11) is 0. The molecule has 1 nitrogen and oxygen atoms in total. The highest BCUT2D eigenvalue weighted by atomic mass is 19.2. The normalized spacial score (nSPS) is 28.6. The van der Waals surface area contributed by atoms with Gasteiger partial charge in [-0.05, 0) is 48.9 Å². The van der Waals surface area contributed by atoms with Crippen molar-refractivity contribution in [2.45, 2.75) is 38.6 Å². The van der Waals surface area contributed by atoms with Gasteiger partial charge < -0.3 is 5.32 Å². The molecule has 3 unspecified atom stereocenters. The molecule has 2 rings (SSSR count). The molecular weight excluding hydrogens is 220 g/mol. The summed E-state index contributed by atoms with van der Waals surface area (Å²) in [4.78, 5) is 0. The second kappa shape index (κ2) is 5.13. The van der Waals surface area contributed by atoms with E-state index in [0.717, 1.165) is 24.9 Å². The summed E-state index contributed by atoms with van der Waals surface area (Å²) in [5.41, 5.74) is 0.928. The Morgan fingerprint density at radius 1 is 1.24 bits per heavy atom. The zero-order chi connectivity index (χ0) is 12.4. The lowest BCUT2D eigenvalue weighted by atomic mass is 9.89. The maximum atomic E-state index is 13.2. The van der Waals surface area contributed by atoms with Gasteiger partial charge >= 0.3 is 0 Å². The van der Waals surface area contributed by atoms with Crippen molar-refractivity contribution in [1.82, 2.24) is 5.32 Å². The molecule has 0 saturated heterocycles. The molecule has 0 amide bonds. The molecule has 0 spiro atoms. The van der Waals surface area contributed by atoms with Gasteiger partial charge in [0.05, 0.1) is 0 Å². The molecule has 1 N–H and O–H groups in total. The van der Waals surface area contributed by atoms with E-state index in [1.54, 1.807) is 6.07 Å². The van der Waals surface area contributed by atoms with Crippen LogP contribution in [0.25, 0.3) is 0 Å². The first-order valence-electron chi connectivity index (χ1n) is 6.31. The molecule has 1 aliphatic rings. The fourth-order valence-electron chi connectivity index (χ4n) is 2.93. The number of hydrogen-bond acceptors (Lipinski definition) is 1. The standard InChI is InChI=1S/C14H19F2N/c1-3-17-14-7-5-11(9(14)2)10-4-6-12(15)13(16)8-10/h4,6,8-9,11,14,17H,3,5,7H2,1-2H3. The predicted octanol–water partition coefficient (Wildman–Crippen LogP) is 3.46. The Morgan fingerprint density at radius 2 is 2.00 bits per heavy atom. The van der Waals surface area contributed by atoms with Crippen LogP contribution >= 0.6 is 0 Å². The molecule has 94 valence electrons. The smallest absolute Gasteiger partial charge is 0.159 e. The van der Waals surface area contributed by atoms with E-state index in [1.807, 2.05) is 0 Å². The van der Waals surface area contributed by atoms with Gasteiger partial charge in [-0.2, -0.15) is 0 Å². The second-order valence-electron chi connectivity index (χ2n) is 4.88. The number of nitrogens with one attached hydrogen (secondary N) is 1. The summed E-state index contributed by atoms with van der Waals surface area (Å²) in [5, 5.41) is 3.45. The maximum absolute atomic E-state index is 13.2. The van der Waals surface area contributed by atoms with E-state index < -0.39 is 11.6 Å².